The van der Waals surface area contributed by atoms with E-state index in [0.29, 0.717) is 17.7 Å². The van der Waals surface area contributed by atoms with Crippen molar-refractivity contribution in [1.29, 1.82) is 0 Å². The van der Waals surface area contributed by atoms with Crippen LogP contribution in [0.3, 0.4) is 0 Å². The molecule has 1 aromatic carbocycles. The summed E-state index contributed by atoms with van der Waals surface area (Å²) in [4.78, 5) is 32.5. The lowest BCUT2D eigenvalue weighted by Gasteiger charge is -2.22. The molecule has 24 heavy (non-hydrogen) atoms. The highest BCUT2D eigenvalue weighted by Crippen LogP contribution is 2.22. The Morgan fingerprint density at radius 3 is 2.21 bits per heavy atom. The molecule has 1 aliphatic heterocycles. The fourth-order valence-corrected chi connectivity index (χ4v) is 2.99. The number of carbonyl (C=O) groups is 2. The Kier molecular flexibility index (Phi) is 4.89. The zero-order chi connectivity index (χ0) is 16.9. The molecule has 0 unspecified atom stereocenters. The lowest BCUT2D eigenvalue weighted by Crippen LogP contribution is -2.31. The molecule has 0 spiro atoms. The molecule has 124 valence electrons. The molecule has 2 heterocycles. The molecule has 0 fully saturated rings. The predicted molar refractivity (Wildman–Crippen MR) is 93.2 cm³/mol. The fraction of sp³-hybridized carbons (Fsp3) is 0.316. The number of anilines is 1. The summed E-state index contributed by atoms with van der Waals surface area (Å²) in [6, 6.07) is 12.9. The first kappa shape index (κ1) is 16.2. The van der Waals surface area contributed by atoms with E-state index in [9.17, 15) is 9.59 Å². The van der Waals surface area contributed by atoms with Crippen molar-refractivity contribution in [1.82, 2.24) is 9.88 Å². The summed E-state index contributed by atoms with van der Waals surface area (Å²) < 4.78 is 0. The largest absolute Gasteiger partial charge is 0.357 e. The molecule has 5 nitrogen and oxygen atoms in total. The molecule has 2 aromatic rings. The maximum absolute atomic E-state index is 12.3. The number of hydrogen-bond acceptors (Lipinski definition) is 4. The predicted octanol–water partition coefficient (Wildman–Crippen LogP) is 2.98. The molecule has 0 saturated carbocycles. The normalized spacial score (nSPS) is 13.3. The maximum Gasteiger partial charge on any atom is 0.261 e. The van der Waals surface area contributed by atoms with Crippen LogP contribution in [0.25, 0.3) is 0 Å². The summed E-state index contributed by atoms with van der Waals surface area (Å²) >= 11 is 0. The summed E-state index contributed by atoms with van der Waals surface area (Å²) in [7, 11) is 0. The van der Waals surface area contributed by atoms with Crippen molar-refractivity contribution in [2.75, 3.05) is 24.5 Å². The molecular weight excluding hydrogens is 302 g/mol. The van der Waals surface area contributed by atoms with Crippen LogP contribution in [0.15, 0.2) is 48.7 Å². The molecular formula is C19H21N3O2. The summed E-state index contributed by atoms with van der Waals surface area (Å²) in [6.45, 7) is 4.30. The van der Waals surface area contributed by atoms with Gasteiger partial charge in [-0.25, -0.2) is 4.98 Å². The zero-order valence-electron chi connectivity index (χ0n) is 13.8. The van der Waals surface area contributed by atoms with Gasteiger partial charge in [-0.3, -0.25) is 14.5 Å². The smallest absolute Gasteiger partial charge is 0.261 e. The second-order valence-electron chi connectivity index (χ2n) is 5.78. The van der Waals surface area contributed by atoms with Crippen molar-refractivity contribution in [3.8, 4) is 0 Å². The summed E-state index contributed by atoms with van der Waals surface area (Å²) in [5.41, 5.74) is 1.04. The summed E-state index contributed by atoms with van der Waals surface area (Å²) in [5.74, 6) is 0.612. The van der Waals surface area contributed by atoms with Crippen LogP contribution in [0.2, 0.25) is 0 Å². The highest BCUT2D eigenvalue weighted by atomic mass is 16.2. The summed E-state index contributed by atoms with van der Waals surface area (Å²) in [5, 5.41) is 0. The van der Waals surface area contributed by atoms with Gasteiger partial charge in [-0.1, -0.05) is 18.2 Å². The zero-order valence-corrected chi connectivity index (χ0v) is 13.8. The van der Waals surface area contributed by atoms with Crippen molar-refractivity contribution in [3.05, 3.63) is 59.8 Å². The minimum Gasteiger partial charge on any atom is -0.357 e. The van der Waals surface area contributed by atoms with Crippen molar-refractivity contribution >= 4 is 17.6 Å². The van der Waals surface area contributed by atoms with Crippen LogP contribution in [0.5, 0.6) is 0 Å². The first-order chi connectivity index (χ1) is 11.7. The molecule has 2 amide bonds. The van der Waals surface area contributed by atoms with Gasteiger partial charge >= 0.3 is 0 Å². The van der Waals surface area contributed by atoms with Crippen LogP contribution in [0.4, 0.5) is 5.82 Å². The van der Waals surface area contributed by atoms with E-state index < -0.39 is 0 Å². The van der Waals surface area contributed by atoms with Gasteiger partial charge in [0.25, 0.3) is 11.8 Å². The van der Waals surface area contributed by atoms with E-state index in [1.807, 2.05) is 18.2 Å². The maximum atomic E-state index is 12.3. The first-order valence-corrected chi connectivity index (χ1v) is 8.33. The first-order valence-electron chi connectivity index (χ1n) is 8.33. The number of aromatic nitrogens is 1. The highest BCUT2D eigenvalue weighted by molar-refractivity contribution is 6.21. The number of carbonyl (C=O) groups excluding carboxylic acids is 2. The highest BCUT2D eigenvalue weighted by Gasteiger charge is 2.34. The molecule has 0 atom stereocenters. The van der Waals surface area contributed by atoms with Gasteiger partial charge in [0.1, 0.15) is 5.82 Å². The molecule has 1 aliphatic rings. The molecule has 0 N–H and O–H groups in total. The lowest BCUT2D eigenvalue weighted by atomic mass is 10.1. The van der Waals surface area contributed by atoms with E-state index in [-0.39, 0.29) is 11.8 Å². The Morgan fingerprint density at radius 1 is 0.958 bits per heavy atom. The van der Waals surface area contributed by atoms with Gasteiger partial charge in [0.2, 0.25) is 0 Å². The van der Waals surface area contributed by atoms with Crippen LogP contribution < -0.4 is 4.90 Å². The molecule has 0 bridgehead atoms. The van der Waals surface area contributed by atoms with Crippen LogP contribution in [-0.2, 0) is 0 Å². The second kappa shape index (κ2) is 7.25. The summed E-state index contributed by atoms with van der Waals surface area (Å²) in [6.07, 6.45) is 3.48. The fourth-order valence-electron chi connectivity index (χ4n) is 2.99. The van der Waals surface area contributed by atoms with Crippen LogP contribution in [-0.4, -0.2) is 41.3 Å². The Balaban J connectivity index is 1.52. The van der Waals surface area contributed by atoms with E-state index in [1.54, 1.807) is 30.5 Å². The van der Waals surface area contributed by atoms with Crippen LogP contribution >= 0.6 is 0 Å². The SMILES string of the molecule is CCN(CCCCN1C(=O)c2ccccc2C1=O)c1ccccn1. The Labute approximate surface area is 141 Å². The van der Waals surface area contributed by atoms with E-state index in [0.717, 1.165) is 31.7 Å². The number of unbranched alkanes of at least 4 members (excludes halogenated alkanes) is 1. The van der Waals surface area contributed by atoms with Crippen LogP contribution in [0.1, 0.15) is 40.5 Å². The lowest BCUT2D eigenvalue weighted by molar-refractivity contribution is 0.0652. The van der Waals surface area contributed by atoms with Gasteiger partial charge in [-0.2, -0.15) is 0 Å². The number of pyridine rings is 1. The van der Waals surface area contributed by atoms with Crippen molar-refractivity contribution < 1.29 is 9.59 Å². The van der Waals surface area contributed by atoms with Gasteiger partial charge < -0.3 is 4.90 Å². The van der Waals surface area contributed by atoms with Gasteiger partial charge in [0.15, 0.2) is 0 Å². The van der Waals surface area contributed by atoms with Crippen LogP contribution in [0, 0.1) is 0 Å². The monoisotopic (exact) mass is 323 g/mol. The Hall–Kier alpha value is -2.69. The molecule has 0 saturated heterocycles. The third-order valence-corrected chi connectivity index (χ3v) is 4.29. The second-order valence-corrected chi connectivity index (χ2v) is 5.78. The molecule has 3 rings (SSSR count). The topological polar surface area (TPSA) is 53.5 Å². The van der Waals surface area contributed by atoms with Gasteiger partial charge in [0.05, 0.1) is 11.1 Å². The third-order valence-electron chi connectivity index (χ3n) is 4.29. The van der Waals surface area contributed by atoms with Gasteiger partial charge in [-0.15, -0.1) is 0 Å². The van der Waals surface area contributed by atoms with Gasteiger partial charge in [0, 0.05) is 25.8 Å². The van der Waals surface area contributed by atoms with Crippen molar-refractivity contribution in [2.45, 2.75) is 19.8 Å². The number of fused-ring (bicyclic) bond motifs is 1. The number of hydrogen-bond donors (Lipinski definition) is 0. The molecule has 0 radical (unpaired) electrons. The van der Waals surface area contributed by atoms with Gasteiger partial charge in [-0.05, 0) is 44.0 Å². The molecule has 0 aliphatic carbocycles. The van der Waals surface area contributed by atoms with E-state index in [2.05, 4.69) is 16.8 Å². The van der Waals surface area contributed by atoms with Crippen molar-refractivity contribution in [2.24, 2.45) is 0 Å². The average Bonchev–Trinajstić information content (AvgIpc) is 2.87. The molecule has 5 heteroatoms. The quantitative estimate of drug-likeness (QED) is 0.581. The standard InChI is InChI=1S/C19H21N3O2/c1-2-21(17-11-5-6-12-20-17)13-7-8-14-22-18(23)15-9-3-4-10-16(15)19(22)24/h3-6,9-12H,2,7-8,13-14H2,1H3. The third kappa shape index (κ3) is 3.15. The molecule has 1 aromatic heterocycles. The van der Waals surface area contributed by atoms with E-state index >= 15 is 0 Å². The van der Waals surface area contributed by atoms with E-state index in [4.69, 9.17) is 0 Å². The minimum atomic E-state index is -0.173. The number of rotatable bonds is 7. The Bertz CT molecular complexity index is 695. The number of amides is 2. The van der Waals surface area contributed by atoms with Crippen molar-refractivity contribution in [3.63, 3.8) is 0 Å². The average molecular weight is 323 g/mol. The minimum absolute atomic E-state index is 0.173. The number of benzene rings is 1. The number of imide groups is 1. The number of nitrogens with zero attached hydrogens (tertiary/aromatic N) is 3. The Morgan fingerprint density at radius 2 is 1.62 bits per heavy atom. The van der Waals surface area contributed by atoms with E-state index in [1.165, 1.54) is 4.90 Å².